The third-order valence-corrected chi connectivity index (χ3v) is 3.49. The van der Waals surface area contributed by atoms with Gasteiger partial charge in [0.1, 0.15) is 5.84 Å². The van der Waals surface area contributed by atoms with Crippen molar-refractivity contribution in [3.8, 4) is 0 Å². The molecule has 2 rings (SSSR count). The highest BCUT2D eigenvalue weighted by molar-refractivity contribution is 6.01. The summed E-state index contributed by atoms with van der Waals surface area (Å²) in [6.45, 7) is 4.20. The van der Waals surface area contributed by atoms with Crippen LogP contribution in [0.1, 0.15) is 42.4 Å². The van der Waals surface area contributed by atoms with Crippen LogP contribution in [0.5, 0.6) is 0 Å². The van der Waals surface area contributed by atoms with E-state index in [1.54, 1.807) is 0 Å². The van der Waals surface area contributed by atoms with Crippen LogP contribution in [0.15, 0.2) is 23.2 Å². The van der Waals surface area contributed by atoms with Gasteiger partial charge in [-0.3, -0.25) is 4.99 Å². The minimum absolute atomic E-state index is 0.444. The van der Waals surface area contributed by atoms with Crippen molar-refractivity contribution in [2.75, 3.05) is 0 Å². The van der Waals surface area contributed by atoms with E-state index in [0.717, 1.165) is 11.4 Å². The van der Waals surface area contributed by atoms with E-state index in [2.05, 4.69) is 37.5 Å². The third-order valence-electron chi connectivity index (χ3n) is 3.49. The van der Waals surface area contributed by atoms with E-state index in [1.165, 1.54) is 36.8 Å². The lowest BCUT2D eigenvalue weighted by Gasteiger charge is -2.14. The molecule has 0 aliphatic heterocycles. The van der Waals surface area contributed by atoms with Gasteiger partial charge in [-0.15, -0.1) is 0 Å². The number of nitrogens with two attached hydrogens (primary N) is 1. The molecule has 0 bridgehead atoms. The molecule has 1 aromatic carbocycles. The SMILES string of the molecule is Cc1cccc(C)c1C(=NC1CCCC1)NN. The van der Waals surface area contributed by atoms with E-state index in [9.17, 15) is 0 Å². The van der Waals surface area contributed by atoms with Gasteiger partial charge in [0.15, 0.2) is 0 Å². The standard InChI is InChI=1S/C14H21N3/c1-10-6-5-7-11(2)13(10)14(17-15)16-12-8-3-4-9-12/h5-7,12H,3-4,8-9,15H2,1-2H3,(H,16,17). The van der Waals surface area contributed by atoms with E-state index < -0.39 is 0 Å². The van der Waals surface area contributed by atoms with Crippen LogP contribution in [0, 0.1) is 13.8 Å². The van der Waals surface area contributed by atoms with Gasteiger partial charge in [-0.05, 0) is 37.8 Å². The fraction of sp³-hybridized carbons (Fsp3) is 0.500. The van der Waals surface area contributed by atoms with Gasteiger partial charge in [-0.1, -0.05) is 31.0 Å². The van der Waals surface area contributed by atoms with Gasteiger partial charge in [-0.2, -0.15) is 0 Å². The first kappa shape index (κ1) is 12.1. The molecular weight excluding hydrogens is 210 g/mol. The van der Waals surface area contributed by atoms with Gasteiger partial charge >= 0.3 is 0 Å². The predicted molar refractivity (Wildman–Crippen MR) is 72.0 cm³/mol. The van der Waals surface area contributed by atoms with Crippen LogP contribution in [0.2, 0.25) is 0 Å². The molecule has 0 spiro atoms. The summed E-state index contributed by atoms with van der Waals surface area (Å²) in [6.07, 6.45) is 4.96. The van der Waals surface area contributed by atoms with Crippen molar-refractivity contribution in [1.82, 2.24) is 5.43 Å². The molecule has 0 heterocycles. The first-order chi connectivity index (χ1) is 8.22. The number of rotatable bonds is 2. The first-order valence-corrected chi connectivity index (χ1v) is 6.33. The quantitative estimate of drug-likeness (QED) is 0.355. The maximum absolute atomic E-state index is 5.64. The van der Waals surface area contributed by atoms with Crippen LogP contribution in [0.3, 0.4) is 0 Å². The van der Waals surface area contributed by atoms with Crippen molar-refractivity contribution < 1.29 is 0 Å². The summed E-state index contributed by atoms with van der Waals surface area (Å²) in [7, 11) is 0. The molecule has 0 aromatic heterocycles. The normalized spacial score (nSPS) is 17.5. The molecule has 0 amide bonds. The molecule has 0 radical (unpaired) electrons. The molecule has 1 fully saturated rings. The van der Waals surface area contributed by atoms with E-state index >= 15 is 0 Å². The van der Waals surface area contributed by atoms with E-state index in [0.29, 0.717) is 6.04 Å². The summed E-state index contributed by atoms with van der Waals surface area (Å²) < 4.78 is 0. The lowest BCUT2D eigenvalue weighted by Crippen LogP contribution is -2.33. The minimum atomic E-state index is 0.444. The number of hydrogen-bond donors (Lipinski definition) is 2. The maximum Gasteiger partial charge on any atom is 0.143 e. The highest BCUT2D eigenvalue weighted by atomic mass is 15.3. The summed E-state index contributed by atoms with van der Waals surface area (Å²) in [4.78, 5) is 4.77. The van der Waals surface area contributed by atoms with Gasteiger partial charge < -0.3 is 5.43 Å². The Balaban J connectivity index is 2.34. The number of aryl methyl sites for hydroxylation is 2. The van der Waals surface area contributed by atoms with Gasteiger partial charge in [0.05, 0.1) is 6.04 Å². The van der Waals surface area contributed by atoms with E-state index in [1.807, 2.05) is 0 Å². The molecule has 1 aliphatic carbocycles. The lowest BCUT2D eigenvalue weighted by molar-refractivity contribution is 0.700. The molecule has 1 aromatic rings. The van der Waals surface area contributed by atoms with Crippen molar-refractivity contribution >= 4 is 5.84 Å². The average Bonchev–Trinajstić information content (AvgIpc) is 2.80. The zero-order valence-corrected chi connectivity index (χ0v) is 10.7. The van der Waals surface area contributed by atoms with Crippen LogP contribution in [0.25, 0.3) is 0 Å². The lowest BCUT2D eigenvalue weighted by atomic mass is 10.0. The zero-order chi connectivity index (χ0) is 12.3. The van der Waals surface area contributed by atoms with Gasteiger partial charge in [0.25, 0.3) is 0 Å². The Labute approximate surface area is 103 Å². The fourth-order valence-corrected chi connectivity index (χ4v) is 2.58. The number of hydrazine groups is 1. The molecule has 0 atom stereocenters. The van der Waals surface area contributed by atoms with E-state index in [4.69, 9.17) is 10.8 Å². The number of amidine groups is 1. The predicted octanol–water partition coefficient (Wildman–Crippen LogP) is 2.46. The van der Waals surface area contributed by atoms with Gasteiger partial charge in [0.2, 0.25) is 0 Å². The van der Waals surface area contributed by atoms with Crippen LogP contribution >= 0.6 is 0 Å². The molecule has 3 nitrogen and oxygen atoms in total. The second kappa shape index (κ2) is 5.32. The molecule has 92 valence electrons. The van der Waals surface area contributed by atoms with Crippen molar-refractivity contribution in [2.45, 2.75) is 45.6 Å². The minimum Gasteiger partial charge on any atom is -0.308 e. The Morgan fingerprint density at radius 1 is 1.24 bits per heavy atom. The van der Waals surface area contributed by atoms with Crippen LogP contribution < -0.4 is 11.3 Å². The Morgan fingerprint density at radius 3 is 2.35 bits per heavy atom. The van der Waals surface area contributed by atoms with E-state index in [-0.39, 0.29) is 0 Å². The summed E-state index contributed by atoms with van der Waals surface area (Å²) in [6, 6.07) is 6.71. The molecule has 1 aliphatic rings. The number of benzene rings is 1. The van der Waals surface area contributed by atoms with Crippen molar-refractivity contribution in [1.29, 1.82) is 0 Å². The second-order valence-electron chi connectivity index (χ2n) is 4.83. The molecular formula is C14H21N3. The monoisotopic (exact) mass is 231 g/mol. The zero-order valence-electron chi connectivity index (χ0n) is 10.7. The molecule has 3 heteroatoms. The molecule has 1 saturated carbocycles. The number of nitrogens with one attached hydrogen (secondary N) is 1. The third kappa shape index (κ3) is 2.67. The smallest absolute Gasteiger partial charge is 0.143 e. The number of aliphatic imine (C=N–C) groups is 1. The Bertz CT molecular complexity index is 397. The average molecular weight is 231 g/mol. The Morgan fingerprint density at radius 2 is 1.82 bits per heavy atom. The summed E-state index contributed by atoms with van der Waals surface area (Å²) in [5, 5.41) is 0. The molecule has 0 unspecified atom stereocenters. The summed E-state index contributed by atoms with van der Waals surface area (Å²) >= 11 is 0. The first-order valence-electron chi connectivity index (χ1n) is 6.33. The van der Waals surface area contributed by atoms with Gasteiger partial charge in [-0.25, -0.2) is 5.84 Å². The number of hydrogen-bond acceptors (Lipinski definition) is 2. The molecule has 0 saturated heterocycles. The van der Waals surface area contributed by atoms with Crippen LogP contribution in [-0.4, -0.2) is 11.9 Å². The Kier molecular flexibility index (Phi) is 3.79. The highest BCUT2D eigenvalue weighted by Gasteiger charge is 2.16. The Hall–Kier alpha value is -1.35. The summed E-state index contributed by atoms with van der Waals surface area (Å²) in [5.41, 5.74) is 6.38. The van der Waals surface area contributed by atoms with Crippen LogP contribution in [0.4, 0.5) is 0 Å². The topological polar surface area (TPSA) is 50.4 Å². The number of nitrogens with zero attached hydrogens (tertiary/aromatic N) is 1. The maximum atomic E-state index is 5.64. The van der Waals surface area contributed by atoms with Crippen molar-refractivity contribution in [3.63, 3.8) is 0 Å². The highest BCUT2D eigenvalue weighted by Crippen LogP contribution is 2.22. The summed E-state index contributed by atoms with van der Waals surface area (Å²) in [5.74, 6) is 6.48. The molecule has 17 heavy (non-hydrogen) atoms. The molecule has 3 N–H and O–H groups in total. The largest absolute Gasteiger partial charge is 0.308 e. The van der Waals surface area contributed by atoms with Crippen molar-refractivity contribution in [2.24, 2.45) is 10.8 Å². The van der Waals surface area contributed by atoms with Gasteiger partial charge in [0, 0.05) is 5.56 Å². The fourth-order valence-electron chi connectivity index (χ4n) is 2.58. The van der Waals surface area contributed by atoms with Crippen molar-refractivity contribution in [3.05, 3.63) is 34.9 Å². The van der Waals surface area contributed by atoms with Crippen LogP contribution in [-0.2, 0) is 0 Å². The second-order valence-corrected chi connectivity index (χ2v) is 4.83.